The number of rotatable bonds is 5. The molecule has 7 heteroatoms. The second kappa shape index (κ2) is 5.49. The van der Waals surface area contributed by atoms with E-state index >= 15 is 0 Å². The van der Waals surface area contributed by atoms with Crippen molar-refractivity contribution in [3.8, 4) is 0 Å². The summed E-state index contributed by atoms with van der Waals surface area (Å²) in [6.07, 6.45) is 0. The summed E-state index contributed by atoms with van der Waals surface area (Å²) < 4.78 is 1.09. The van der Waals surface area contributed by atoms with E-state index in [-0.39, 0.29) is 18.6 Å². The van der Waals surface area contributed by atoms with Crippen molar-refractivity contribution >= 4 is 16.8 Å². The lowest BCUT2D eigenvalue weighted by Gasteiger charge is -2.06. The summed E-state index contributed by atoms with van der Waals surface area (Å²) in [5.74, 6) is -0.486. The number of nitrogens with one attached hydrogen (secondary N) is 2. The third kappa shape index (κ3) is 2.89. The van der Waals surface area contributed by atoms with Gasteiger partial charge in [-0.25, -0.2) is 4.79 Å². The van der Waals surface area contributed by atoms with Gasteiger partial charge in [-0.15, -0.1) is 0 Å². The summed E-state index contributed by atoms with van der Waals surface area (Å²) in [7, 11) is 0. The second-order valence-corrected chi connectivity index (χ2v) is 4.08. The smallest absolute Gasteiger partial charge is 0.328 e. The van der Waals surface area contributed by atoms with Crippen LogP contribution in [0.25, 0.3) is 10.9 Å². The fourth-order valence-corrected chi connectivity index (χ4v) is 1.80. The van der Waals surface area contributed by atoms with Crippen LogP contribution in [-0.4, -0.2) is 28.5 Å². The number of hydrogen-bond acceptors (Lipinski definition) is 4. The van der Waals surface area contributed by atoms with Gasteiger partial charge in [-0.1, -0.05) is 12.1 Å². The van der Waals surface area contributed by atoms with Crippen LogP contribution < -0.4 is 22.3 Å². The molecule has 0 atom stereocenters. The van der Waals surface area contributed by atoms with Gasteiger partial charge in [0.15, 0.2) is 0 Å². The Hall–Kier alpha value is -2.41. The van der Waals surface area contributed by atoms with E-state index in [1.165, 1.54) is 0 Å². The fourth-order valence-electron chi connectivity index (χ4n) is 1.80. The quantitative estimate of drug-likeness (QED) is 0.586. The van der Waals surface area contributed by atoms with Gasteiger partial charge in [0, 0.05) is 13.1 Å². The molecule has 7 nitrogen and oxygen atoms in total. The summed E-state index contributed by atoms with van der Waals surface area (Å²) in [6, 6.07) is 6.81. The Morgan fingerprint density at radius 2 is 2.05 bits per heavy atom. The number of H-pyrrole nitrogens is 1. The van der Waals surface area contributed by atoms with Crippen LogP contribution in [0.15, 0.2) is 33.9 Å². The second-order valence-electron chi connectivity index (χ2n) is 4.08. The van der Waals surface area contributed by atoms with Crippen LogP contribution in [-0.2, 0) is 11.3 Å². The first-order valence-electron chi connectivity index (χ1n) is 5.80. The number of benzene rings is 1. The molecule has 1 aromatic carbocycles. The number of hydrogen-bond donors (Lipinski definition) is 3. The molecule has 0 aliphatic rings. The summed E-state index contributed by atoms with van der Waals surface area (Å²) in [6.45, 7) is 0.497. The number of amides is 1. The lowest BCUT2D eigenvalue weighted by molar-refractivity contribution is -0.117. The molecule has 1 aromatic heterocycles. The summed E-state index contributed by atoms with van der Waals surface area (Å²) in [5.41, 5.74) is 4.67. The highest BCUT2D eigenvalue weighted by molar-refractivity contribution is 5.77. The van der Waals surface area contributed by atoms with E-state index in [1.54, 1.807) is 24.3 Å². The normalized spacial score (nSPS) is 10.7. The maximum atomic E-state index is 12.1. The number of aromatic amines is 1. The van der Waals surface area contributed by atoms with Gasteiger partial charge in [0.2, 0.25) is 5.91 Å². The van der Waals surface area contributed by atoms with E-state index in [1.807, 2.05) is 0 Å². The Labute approximate surface area is 108 Å². The number of para-hydroxylation sites is 1. The zero-order chi connectivity index (χ0) is 13.8. The van der Waals surface area contributed by atoms with Crippen LogP contribution in [0.2, 0.25) is 0 Å². The van der Waals surface area contributed by atoms with Crippen molar-refractivity contribution < 1.29 is 4.79 Å². The lowest BCUT2D eigenvalue weighted by atomic mass is 10.2. The van der Waals surface area contributed by atoms with Crippen molar-refractivity contribution in [3.05, 3.63) is 45.1 Å². The molecule has 19 heavy (non-hydrogen) atoms. The van der Waals surface area contributed by atoms with Crippen molar-refractivity contribution in [2.24, 2.45) is 5.73 Å². The fraction of sp³-hybridized carbons (Fsp3) is 0.250. The van der Waals surface area contributed by atoms with Gasteiger partial charge in [0.25, 0.3) is 5.56 Å². The van der Waals surface area contributed by atoms with Crippen molar-refractivity contribution in [2.45, 2.75) is 6.54 Å². The van der Waals surface area contributed by atoms with Gasteiger partial charge < -0.3 is 16.0 Å². The van der Waals surface area contributed by atoms with Gasteiger partial charge in [0.1, 0.15) is 0 Å². The predicted octanol–water partition coefficient (Wildman–Crippen LogP) is -1.24. The number of fused-ring (bicyclic) bond motifs is 1. The van der Waals surface area contributed by atoms with E-state index in [0.29, 0.717) is 17.4 Å². The van der Waals surface area contributed by atoms with Gasteiger partial charge in [-0.3, -0.25) is 14.2 Å². The molecule has 4 N–H and O–H groups in total. The number of primary amides is 1. The molecule has 0 radical (unpaired) electrons. The molecule has 100 valence electrons. The monoisotopic (exact) mass is 262 g/mol. The molecule has 0 unspecified atom stereocenters. The van der Waals surface area contributed by atoms with E-state index in [4.69, 9.17) is 5.73 Å². The number of carbonyl (C=O) groups is 1. The number of aromatic nitrogens is 2. The van der Waals surface area contributed by atoms with Crippen molar-refractivity contribution in [1.29, 1.82) is 0 Å². The van der Waals surface area contributed by atoms with Crippen molar-refractivity contribution in [2.75, 3.05) is 13.1 Å². The average molecular weight is 262 g/mol. The SMILES string of the molecule is NC(=O)CNCCn1c(=O)[nH]c2ccccc2c1=O. The minimum absolute atomic E-state index is 0.0141. The molecular weight excluding hydrogens is 248 g/mol. The largest absolute Gasteiger partial charge is 0.369 e. The molecular formula is C12H14N4O3. The molecule has 0 fully saturated rings. The van der Waals surface area contributed by atoms with Crippen LogP contribution in [0.5, 0.6) is 0 Å². The van der Waals surface area contributed by atoms with E-state index in [9.17, 15) is 14.4 Å². The Kier molecular flexibility index (Phi) is 3.76. The molecule has 0 saturated heterocycles. The standard InChI is InChI=1S/C12H14N4O3/c13-10(17)7-14-5-6-16-11(18)8-3-1-2-4-9(8)15-12(16)19/h1-4,14H,5-7H2,(H2,13,17)(H,15,19). The maximum Gasteiger partial charge on any atom is 0.328 e. The van der Waals surface area contributed by atoms with Crippen LogP contribution in [0.1, 0.15) is 0 Å². The van der Waals surface area contributed by atoms with E-state index in [0.717, 1.165) is 4.57 Å². The molecule has 0 aliphatic carbocycles. The first-order chi connectivity index (χ1) is 9.09. The van der Waals surface area contributed by atoms with Gasteiger partial charge in [-0.05, 0) is 12.1 Å². The Bertz CT molecular complexity index is 717. The predicted molar refractivity (Wildman–Crippen MR) is 70.9 cm³/mol. The average Bonchev–Trinajstić information content (AvgIpc) is 2.37. The number of nitrogens with two attached hydrogens (primary N) is 1. The van der Waals surface area contributed by atoms with Gasteiger partial charge in [-0.2, -0.15) is 0 Å². The minimum Gasteiger partial charge on any atom is -0.369 e. The van der Waals surface area contributed by atoms with Crippen LogP contribution in [0, 0.1) is 0 Å². The molecule has 1 amide bonds. The zero-order valence-electron chi connectivity index (χ0n) is 10.2. The van der Waals surface area contributed by atoms with Crippen LogP contribution in [0.3, 0.4) is 0 Å². The Morgan fingerprint density at radius 1 is 1.32 bits per heavy atom. The van der Waals surface area contributed by atoms with Crippen LogP contribution >= 0.6 is 0 Å². The highest BCUT2D eigenvalue weighted by Gasteiger charge is 2.06. The number of carbonyl (C=O) groups excluding carboxylic acids is 1. The highest BCUT2D eigenvalue weighted by Crippen LogP contribution is 2.02. The third-order valence-electron chi connectivity index (χ3n) is 2.70. The molecule has 0 spiro atoms. The molecule has 1 heterocycles. The van der Waals surface area contributed by atoms with E-state index < -0.39 is 11.6 Å². The minimum atomic E-state index is -0.486. The molecule has 0 saturated carbocycles. The first kappa shape index (κ1) is 13.0. The molecule has 0 aliphatic heterocycles. The highest BCUT2D eigenvalue weighted by atomic mass is 16.2. The molecule has 2 aromatic rings. The molecule has 0 bridgehead atoms. The number of nitrogens with zero attached hydrogens (tertiary/aromatic N) is 1. The molecule has 2 rings (SSSR count). The van der Waals surface area contributed by atoms with Gasteiger partial charge >= 0.3 is 5.69 Å². The van der Waals surface area contributed by atoms with Crippen LogP contribution in [0.4, 0.5) is 0 Å². The zero-order valence-corrected chi connectivity index (χ0v) is 10.2. The topological polar surface area (TPSA) is 110 Å². The Morgan fingerprint density at radius 3 is 2.79 bits per heavy atom. The van der Waals surface area contributed by atoms with Gasteiger partial charge in [0.05, 0.1) is 17.4 Å². The van der Waals surface area contributed by atoms with Crippen molar-refractivity contribution in [3.63, 3.8) is 0 Å². The summed E-state index contributed by atoms with van der Waals surface area (Å²) in [4.78, 5) is 37.1. The first-order valence-corrected chi connectivity index (χ1v) is 5.80. The van der Waals surface area contributed by atoms with E-state index in [2.05, 4.69) is 10.3 Å². The third-order valence-corrected chi connectivity index (χ3v) is 2.70. The summed E-state index contributed by atoms with van der Waals surface area (Å²) in [5, 5.41) is 3.20. The maximum absolute atomic E-state index is 12.1. The summed E-state index contributed by atoms with van der Waals surface area (Å²) >= 11 is 0. The van der Waals surface area contributed by atoms with Crippen molar-refractivity contribution in [1.82, 2.24) is 14.9 Å². The lowest BCUT2D eigenvalue weighted by Crippen LogP contribution is -2.39. The Balaban J connectivity index is 2.26.